The number of rotatable bonds is 6. The smallest absolute Gasteiger partial charge is 0.312 e. The average Bonchev–Trinajstić information content (AvgIpc) is 3.22. The van der Waals surface area contributed by atoms with Crippen LogP contribution in [0.5, 0.6) is 0 Å². The number of carboxylic acids is 1. The fourth-order valence-electron chi connectivity index (χ4n) is 2.97. The van der Waals surface area contributed by atoms with Crippen molar-refractivity contribution in [1.29, 1.82) is 0 Å². The molecule has 2 aromatic heterocycles. The molecule has 2 aromatic rings. The van der Waals surface area contributed by atoms with Crippen LogP contribution in [0, 0.1) is 0 Å². The predicted molar refractivity (Wildman–Crippen MR) is 89.4 cm³/mol. The third-order valence-electron chi connectivity index (χ3n) is 4.02. The van der Waals surface area contributed by atoms with Crippen LogP contribution in [0.3, 0.4) is 0 Å². The Kier molecular flexibility index (Phi) is 4.18. The Hall–Kier alpha value is -2.19. The highest BCUT2D eigenvalue weighted by Gasteiger charge is 2.37. The highest BCUT2D eigenvalue weighted by Crippen LogP contribution is 2.36. The summed E-state index contributed by atoms with van der Waals surface area (Å²) in [6.45, 7) is 3.75. The largest absolute Gasteiger partial charge is 0.481 e. The molecular weight excluding hydrogens is 350 g/mol. The molecule has 1 unspecified atom stereocenters. The molecule has 0 aromatic carbocycles. The Morgan fingerprint density at radius 3 is 2.79 bits per heavy atom. The van der Waals surface area contributed by atoms with E-state index >= 15 is 0 Å². The molecule has 0 bridgehead atoms. The van der Waals surface area contributed by atoms with E-state index in [4.69, 9.17) is 0 Å². The van der Waals surface area contributed by atoms with Gasteiger partial charge < -0.3 is 9.67 Å². The maximum Gasteiger partial charge on any atom is 0.312 e. The Morgan fingerprint density at radius 1 is 1.46 bits per heavy atom. The van der Waals surface area contributed by atoms with Gasteiger partial charge >= 0.3 is 5.97 Å². The number of fused-ring (bicyclic) bond motifs is 1. The molecule has 0 saturated heterocycles. The number of ketones is 1. The van der Waals surface area contributed by atoms with Crippen LogP contribution in [0.4, 0.5) is 0 Å². The van der Waals surface area contributed by atoms with Gasteiger partial charge in [-0.2, -0.15) is 0 Å². The Morgan fingerprint density at radius 2 is 2.21 bits per heavy atom. The van der Waals surface area contributed by atoms with Crippen LogP contribution >= 0.6 is 11.3 Å². The molecule has 0 radical (unpaired) electrons. The van der Waals surface area contributed by atoms with Gasteiger partial charge in [-0.25, -0.2) is 8.42 Å². The number of carboxylic acid groups (broad SMARTS) is 1. The monoisotopic (exact) mass is 365 g/mol. The van der Waals surface area contributed by atoms with Gasteiger partial charge in [-0.3, -0.25) is 9.59 Å². The summed E-state index contributed by atoms with van der Waals surface area (Å²) in [5, 5.41) is 11.1. The average molecular weight is 365 g/mol. The molecule has 0 saturated carbocycles. The zero-order valence-corrected chi connectivity index (χ0v) is 14.3. The highest BCUT2D eigenvalue weighted by molar-refractivity contribution is 7.91. The van der Waals surface area contributed by atoms with Crippen LogP contribution in [-0.4, -0.2) is 35.6 Å². The SMILES string of the molecule is C=CCS(=O)(=O)c1cc2n(c1C(=O)c1cccs1)CCC2C(=O)O. The number of carbonyl (C=O) groups is 2. The van der Waals surface area contributed by atoms with Gasteiger partial charge in [-0.15, -0.1) is 17.9 Å². The van der Waals surface area contributed by atoms with Crippen molar-refractivity contribution in [2.24, 2.45) is 0 Å². The fraction of sp³-hybridized carbons (Fsp3) is 0.250. The van der Waals surface area contributed by atoms with Gasteiger partial charge in [-0.1, -0.05) is 12.1 Å². The molecule has 126 valence electrons. The van der Waals surface area contributed by atoms with Crippen LogP contribution in [-0.2, 0) is 21.2 Å². The van der Waals surface area contributed by atoms with Gasteiger partial charge in [0.05, 0.1) is 21.4 Å². The number of hydrogen-bond donors (Lipinski definition) is 1. The summed E-state index contributed by atoms with van der Waals surface area (Å²) in [5.41, 5.74) is 0.420. The second kappa shape index (κ2) is 6.03. The molecular formula is C16H15NO5S2. The number of hydrogen-bond acceptors (Lipinski definition) is 5. The van der Waals surface area contributed by atoms with Gasteiger partial charge in [0.1, 0.15) is 5.69 Å². The van der Waals surface area contributed by atoms with Crippen LogP contribution in [0.2, 0.25) is 0 Å². The second-order valence-corrected chi connectivity index (χ2v) is 8.44. The van der Waals surface area contributed by atoms with Crippen molar-refractivity contribution in [2.45, 2.75) is 23.8 Å². The maximum atomic E-state index is 12.8. The zero-order chi connectivity index (χ0) is 17.5. The lowest BCUT2D eigenvalue weighted by Gasteiger charge is -2.07. The van der Waals surface area contributed by atoms with Crippen molar-refractivity contribution in [1.82, 2.24) is 4.57 Å². The van der Waals surface area contributed by atoms with Gasteiger partial charge in [-0.05, 0) is 23.9 Å². The molecule has 8 heteroatoms. The molecule has 1 aliphatic heterocycles. The molecule has 24 heavy (non-hydrogen) atoms. The van der Waals surface area contributed by atoms with Crippen molar-refractivity contribution in [2.75, 3.05) is 5.75 Å². The lowest BCUT2D eigenvalue weighted by atomic mass is 10.1. The third-order valence-corrected chi connectivity index (χ3v) is 6.55. The van der Waals surface area contributed by atoms with E-state index in [9.17, 15) is 23.1 Å². The van der Waals surface area contributed by atoms with E-state index in [2.05, 4.69) is 6.58 Å². The first kappa shape index (κ1) is 16.7. The van der Waals surface area contributed by atoms with Crippen molar-refractivity contribution in [3.05, 3.63) is 52.5 Å². The number of carbonyl (C=O) groups excluding carboxylic acids is 1. The zero-order valence-electron chi connectivity index (χ0n) is 12.6. The van der Waals surface area contributed by atoms with E-state index in [0.29, 0.717) is 23.5 Å². The summed E-state index contributed by atoms with van der Waals surface area (Å²) in [6, 6.07) is 4.68. The van der Waals surface area contributed by atoms with Crippen LogP contribution in [0.15, 0.2) is 41.1 Å². The van der Waals surface area contributed by atoms with E-state index < -0.39 is 27.5 Å². The summed E-state index contributed by atoms with van der Waals surface area (Å²) in [5.74, 6) is -2.52. The Bertz CT molecular complexity index is 922. The Balaban J connectivity index is 2.22. The molecule has 0 aliphatic carbocycles. The molecule has 0 amide bonds. The number of aliphatic carboxylic acids is 1. The summed E-state index contributed by atoms with van der Waals surface area (Å²) >= 11 is 1.22. The van der Waals surface area contributed by atoms with Gasteiger partial charge in [0.2, 0.25) is 5.78 Å². The molecule has 1 N–H and O–H groups in total. The van der Waals surface area contributed by atoms with E-state index in [1.807, 2.05) is 0 Å². The maximum absolute atomic E-state index is 12.8. The minimum absolute atomic E-state index is 0.0538. The molecule has 6 nitrogen and oxygen atoms in total. The van der Waals surface area contributed by atoms with Gasteiger partial charge in [0, 0.05) is 12.2 Å². The predicted octanol–water partition coefficient (Wildman–Crippen LogP) is 2.31. The third kappa shape index (κ3) is 2.61. The fourth-order valence-corrected chi connectivity index (χ4v) is 4.92. The minimum Gasteiger partial charge on any atom is -0.481 e. The van der Waals surface area contributed by atoms with E-state index in [-0.39, 0.29) is 16.3 Å². The first-order valence-corrected chi connectivity index (χ1v) is 9.78. The molecule has 0 spiro atoms. The van der Waals surface area contributed by atoms with Crippen molar-refractivity contribution < 1.29 is 23.1 Å². The quantitative estimate of drug-likeness (QED) is 0.626. The molecule has 1 aliphatic rings. The second-order valence-electron chi connectivity index (χ2n) is 5.49. The first-order chi connectivity index (χ1) is 11.4. The first-order valence-electron chi connectivity index (χ1n) is 7.25. The van der Waals surface area contributed by atoms with E-state index in [1.54, 1.807) is 17.5 Å². The molecule has 0 fully saturated rings. The highest BCUT2D eigenvalue weighted by atomic mass is 32.2. The van der Waals surface area contributed by atoms with Crippen LogP contribution in [0.25, 0.3) is 0 Å². The van der Waals surface area contributed by atoms with Gasteiger partial charge in [0.25, 0.3) is 0 Å². The number of thiophene rings is 1. The summed E-state index contributed by atoms with van der Waals surface area (Å²) in [7, 11) is -3.75. The molecule has 3 rings (SSSR count). The lowest BCUT2D eigenvalue weighted by Crippen LogP contribution is -2.14. The number of sulfone groups is 1. The minimum atomic E-state index is -3.75. The van der Waals surface area contributed by atoms with Crippen molar-refractivity contribution in [3.8, 4) is 0 Å². The lowest BCUT2D eigenvalue weighted by molar-refractivity contribution is -0.138. The van der Waals surface area contributed by atoms with E-state index in [1.165, 1.54) is 28.0 Å². The standard InChI is InChI=1S/C16H15NO5S2/c1-2-8-24(21,22)13-9-11-10(16(19)20)5-6-17(11)14(13)15(18)12-4-3-7-23-12/h2-4,7,9-10H,1,5-6,8H2,(H,19,20). The molecule has 3 heterocycles. The van der Waals surface area contributed by atoms with E-state index in [0.717, 1.165) is 0 Å². The normalized spacial score (nSPS) is 16.8. The molecule has 1 atom stereocenters. The summed E-state index contributed by atoms with van der Waals surface area (Å²) < 4.78 is 26.6. The number of aromatic nitrogens is 1. The number of nitrogens with zero attached hydrogens (tertiary/aromatic N) is 1. The summed E-state index contributed by atoms with van der Waals surface area (Å²) in [6.07, 6.45) is 1.60. The van der Waals surface area contributed by atoms with Crippen LogP contribution in [0.1, 0.15) is 33.4 Å². The summed E-state index contributed by atoms with van der Waals surface area (Å²) in [4.78, 5) is 24.5. The topological polar surface area (TPSA) is 93.4 Å². The van der Waals surface area contributed by atoms with Crippen LogP contribution < -0.4 is 0 Å². The van der Waals surface area contributed by atoms with Gasteiger partial charge in [0.15, 0.2) is 9.84 Å². The van der Waals surface area contributed by atoms with Crippen molar-refractivity contribution >= 4 is 32.9 Å². The van der Waals surface area contributed by atoms with Crippen molar-refractivity contribution in [3.63, 3.8) is 0 Å². The Labute approximate surface area is 143 Å².